The third-order valence-corrected chi connectivity index (χ3v) is 5.34. The van der Waals surface area contributed by atoms with Crippen LogP contribution in [-0.2, 0) is 11.2 Å². The van der Waals surface area contributed by atoms with Gasteiger partial charge in [0.15, 0.2) is 5.11 Å². The van der Waals surface area contributed by atoms with Crippen LogP contribution >= 0.6 is 12.2 Å². The summed E-state index contributed by atoms with van der Waals surface area (Å²) in [6.07, 6.45) is 3.38. The second-order valence-electron chi connectivity index (χ2n) is 7.20. The highest BCUT2D eigenvalue weighted by molar-refractivity contribution is 7.80. The van der Waals surface area contributed by atoms with Gasteiger partial charge >= 0.3 is 5.97 Å². The summed E-state index contributed by atoms with van der Waals surface area (Å²) in [6, 6.07) is 14.1. The van der Waals surface area contributed by atoms with Crippen molar-refractivity contribution in [3.8, 4) is 0 Å². The maximum atomic E-state index is 11.9. The first kappa shape index (κ1) is 21.1. The van der Waals surface area contributed by atoms with Crippen LogP contribution in [0.5, 0.6) is 0 Å². The first-order valence-electron chi connectivity index (χ1n) is 10.2. The summed E-state index contributed by atoms with van der Waals surface area (Å²) < 4.78 is 5.07. The molecule has 2 aromatic carbocycles. The maximum absolute atomic E-state index is 11.9. The predicted molar refractivity (Wildman–Crippen MR) is 123 cm³/mol. The highest BCUT2D eigenvalue weighted by atomic mass is 32.1. The molecule has 0 radical (unpaired) electrons. The number of hydrogen-bond acceptors (Lipinski definition) is 4. The molecule has 2 aromatic rings. The van der Waals surface area contributed by atoms with Crippen molar-refractivity contribution in [3.63, 3.8) is 0 Å². The van der Waals surface area contributed by atoms with Crippen molar-refractivity contribution in [1.82, 2.24) is 5.32 Å². The van der Waals surface area contributed by atoms with Gasteiger partial charge in [-0.15, -0.1) is 0 Å². The van der Waals surface area contributed by atoms with E-state index in [1.54, 1.807) is 19.1 Å². The van der Waals surface area contributed by atoms with E-state index in [9.17, 15) is 4.79 Å². The van der Waals surface area contributed by atoms with Gasteiger partial charge < -0.3 is 20.3 Å². The number of hydrogen-bond donors (Lipinski definition) is 2. The minimum atomic E-state index is -0.323. The Kier molecular flexibility index (Phi) is 7.47. The van der Waals surface area contributed by atoms with Crippen LogP contribution in [0.2, 0.25) is 0 Å². The minimum Gasteiger partial charge on any atom is -0.462 e. The Morgan fingerprint density at radius 1 is 1.24 bits per heavy atom. The molecule has 6 heteroatoms. The van der Waals surface area contributed by atoms with Crippen LogP contribution in [0.15, 0.2) is 42.5 Å². The number of fused-ring (bicyclic) bond motifs is 1. The summed E-state index contributed by atoms with van der Waals surface area (Å²) in [5, 5.41) is 7.04. The van der Waals surface area contributed by atoms with E-state index in [0.717, 1.165) is 37.3 Å². The van der Waals surface area contributed by atoms with E-state index in [4.69, 9.17) is 17.0 Å². The van der Waals surface area contributed by atoms with E-state index in [2.05, 4.69) is 39.8 Å². The average molecular weight is 412 g/mol. The van der Waals surface area contributed by atoms with Crippen molar-refractivity contribution in [3.05, 3.63) is 59.2 Å². The summed E-state index contributed by atoms with van der Waals surface area (Å²) in [7, 11) is 0. The average Bonchev–Trinajstić information content (AvgIpc) is 2.73. The van der Waals surface area contributed by atoms with Crippen LogP contribution in [0, 0.1) is 6.92 Å². The van der Waals surface area contributed by atoms with Crippen LogP contribution in [0.25, 0.3) is 0 Å². The Bertz CT molecular complexity index is 869. The second kappa shape index (κ2) is 10.3. The fourth-order valence-electron chi connectivity index (χ4n) is 3.58. The number of ether oxygens (including phenoxy) is 1. The number of thiocarbonyl (C=S) groups is 1. The van der Waals surface area contributed by atoms with E-state index in [1.165, 1.54) is 24.1 Å². The quantitative estimate of drug-likeness (QED) is 0.402. The summed E-state index contributed by atoms with van der Waals surface area (Å²) in [6.45, 7) is 7.04. The second-order valence-corrected chi connectivity index (χ2v) is 7.61. The smallest absolute Gasteiger partial charge is 0.338 e. The summed E-state index contributed by atoms with van der Waals surface area (Å²) in [4.78, 5) is 14.4. The summed E-state index contributed by atoms with van der Waals surface area (Å²) in [5.41, 5.74) is 5.17. The molecule has 0 amide bonds. The SMILES string of the molecule is CCOC(=O)c1ccc(C)c(NC(=S)NCCCN2CCCc3ccccc32)c1. The molecule has 0 aromatic heterocycles. The number of esters is 1. The molecule has 5 nitrogen and oxygen atoms in total. The molecule has 154 valence electrons. The van der Waals surface area contributed by atoms with Gasteiger partial charge in [-0.3, -0.25) is 0 Å². The third-order valence-electron chi connectivity index (χ3n) is 5.09. The van der Waals surface area contributed by atoms with E-state index in [-0.39, 0.29) is 5.97 Å². The highest BCUT2D eigenvalue weighted by Crippen LogP contribution is 2.26. The normalized spacial score (nSPS) is 12.8. The minimum absolute atomic E-state index is 0.323. The molecule has 0 bridgehead atoms. The lowest BCUT2D eigenvalue weighted by atomic mass is 10.0. The molecular weight excluding hydrogens is 382 g/mol. The summed E-state index contributed by atoms with van der Waals surface area (Å²) in [5.74, 6) is -0.323. The van der Waals surface area contributed by atoms with Crippen LogP contribution in [0.4, 0.5) is 11.4 Å². The van der Waals surface area contributed by atoms with Gasteiger partial charge in [0, 0.05) is 31.0 Å². The van der Waals surface area contributed by atoms with Crippen molar-refractivity contribution in [2.45, 2.75) is 33.1 Å². The number of benzene rings is 2. The molecule has 1 heterocycles. The lowest BCUT2D eigenvalue weighted by Gasteiger charge is -2.31. The van der Waals surface area contributed by atoms with E-state index >= 15 is 0 Å². The topological polar surface area (TPSA) is 53.6 Å². The molecule has 2 N–H and O–H groups in total. The lowest BCUT2D eigenvalue weighted by Crippen LogP contribution is -2.34. The zero-order chi connectivity index (χ0) is 20.6. The van der Waals surface area contributed by atoms with Crippen LogP contribution in [-0.4, -0.2) is 37.3 Å². The largest absolute Gasteiger partial charge is 0.462 e. The standard InChI is InChI=1S/C23H29N3O2S/c1-3-28-22(27)19-12-11-17(2)20(16-19)25-23(29)24-13-7-15-26-14-6-9-18-8-4-5-10-21(18)26/h4-5,8,10-12,16H,3,6-7,9,13-15H2,1-2H3,(H2,24,25,29). The molecule has 0 aliphatic carbocycles. The van der Waals surface area contributed by atoms with Gasteiger partial charge in [0.2, 0.25) is 0 Å². The Morgan fingerprint density at radius 3 is 2.90 bits per heavy atom. The number of aryl methyl sites for hydroxylation is 2. The number of anilines is 2. The molecule has 1 aliphatic rings. The maximum Gasteiger partial charge on any atom is 0.338 e. The fraction of sp³-hybridized carbons (Fsp3) is 0.391. The molecule has 0 unspecified atom stereocenters. The third kappa shape index (κ3) is 5.70. The number of nitrogens with zero attached hydrogens (tertiary/aromatic N) is 1. The van der Waals surface area contributed by atoms with E-state index < -0.39 is 0 Å². The lowest BCUT2D eigenvalue weighted by molar-refractivity contribution is 0.0526. The van der Waals surface area contributed by atoms with Gasteiger partial charge in [0.05, 0.1) is 12.2 Å². The first-order chi connectivity index (χ1) is 14.1. The van der Waals surface area contributed by atoms with Crippen LogP contribution in [0.3, 0.4) is 0 Å². The van der Waals surface area contributed by atoms with Crippen molar-refractivity contribution >= 4 is 34.7 Å². The zero-order valence-electron chi connectivity index (χ0n) is 17.2. The van der Waals surface area contributed by atoms with E-state index in [1.807, 2.05) is 13.0 Å². The molecule has 1 aliphatic heterocycles. The fourth-order valence-corrected chi connectivity index (χ4v) is 3.79. The molecule has 0 saturated heterocycles. The monoisotopic (exact) mass is 411 g/mol. The highest BCUT2D eigenvalue weighted by Gasteiger charge is 2.15. The number of para-hydroxylation sites is 1. The molecule has 29 heavy (non-hydrogen) atoms. The zero-order valence-corrected chi connectivity index (χ0v) is 18.0. The van der Waals surface area contributed by atoms with Gasteiger partial charge in [-0.25, -0.2) is 4.79 Å². The van der Waals surface area contributed by atoms with Gasteiger partial charge in [-0.05, 0) is 74.7 Å². The van der Waals surface area contributed by atoms with Gasteiger partial charge in [-0.2, -0.15) is 0 Å². The van der Waals surface area contributed by atoms with Crippen molar-refractivity contribution in [2.24, 2.45) is 0 Å². The Hall–Kier alpha value is -2.60. The summed E-state index contributed by atoms with van der Waals surface area (Å²) >= 11 is 5.44. The number of rotatable bonds is 7. The number of nitrogens with one attached hydrogen (secondary N) is 2. The Morgan fingerprint density at radius 2 is 2.07 bits per heavy atom. The number of carbonyl (C=O) groups excluding carboxylic acids is 1. The number of carbonyl (C=O) groups is 1. The molecular formula is C23H29N3O2S. The van der Waals surface area contributed by atoms with Crippen LogP contribution in [0.1, 0.15) is 41.3 Å². The van der Waals surface area contributed by atoms with Crippen molar-refractivity contribution in [2.75, 3.05) is 36.5 Å². The van der Waals surface area contributed by atoms with Gasteiger partial charge in [0.25, 0.3) is 0 Å². The predicted octanol–water partition coefficient (Wildman–Crippen LogP) is 4.30. The molecule has 0 saturated carbocycles. The first-order valence-corrected chi connectivity index (χ1v) is 10.6. The molecule has 3 rings (SSSR count). The molecule has 0 fully saturated rings. The Labute approximate surface area is 178 Å². The van der Waals surface area contributed by atoms with Gasteiger partial charge in [-0.1, -0.05) is 24.3 Å². The Balaban J connectivity index is 1.47. The van der Waals surface area contributed by atoms with Crippen LogP contribution < -0.4 is 15.5 Å². The van der Waals surface area contributed by atoms with Gasteiger partial charge in [0.1, 0.15) is 0 Å². The molecule has 0 spiro atoms. The molecule has 0 atom stereocenters. The van der Waals surface area contributed by atoms with Crippen molar-refractivity contribution in [1.29, 1.82) is 0 Å². The van der Waals surface area contributed by atoms with E-state index in [0.29, 0.717) is 17.3 Å². The van der Waals surface area contributed by atoms with Crippen molar-refractivity contribution < 1.29 is 9.53 Å².